The van der Waals surface area contributed by atoms with E-state index in [1.165, 1.54) is 0 Å². The molecule has 2 amide bonds. The van der Waals surface area contributed by atoms with E-state index in [2.05, 4.69) is 4.98 Å². The van der Waals surface area contributed by atoms with Crippen molar-refractivity contribution in [2.45, 2.75) is 39.0 Å². The van der Waals surface area contributed by atoms with E-state index in [0.29, 0.717) is 49.6 Å². The summed E-state index contributed by atoms with van der Waals surface area (Å²) in [6, 6.07) is 3.71. The molecule has 1 N–H and O–H groups in total. The third kappa shape index (κ3) is 3.75. The van der Waals surface area contributed by atoms with E-state index in [0.717, 1.165) is 36.8 Å². The number of rotatable bonds is 3. The number of carbonyl (C=O) groups excluding carboxylic acids is 2. The maximum atomic E-state index is 15.5. The predicted octanol–water partition coefficient (Wildman–Crippen LogP) is 3.07. The van der Waals surface area contributed by atoms with Gasteiger partial charge in [-0.05, 0) is 36.5 Å². The molecule has 2 aromatic rings. The van der Waals surface area contributed by atoms with Crippen LogP contribution in [-0.4, -0.2) is 66.0 Å². The van der Waals surface area contributed by atoms with Gasteiger partial charge >= 0.3 is 0 Å². The first-order valence-corrected chi connectivity index (χ1v) is 10.5. The van der Waals surface area contributed by atoms with Gasteiger partial charge in [-0.3, -0.25) is 9.59 Å². The molecule has 2 aliphatic heterocycles. The van der Waals surface area contributed by atoms with E-state index in [9.17, 15) is 9.59 Å². The van der Waals surface area contributed by atoms with Crippen molar-refractivity contribution in [3.8, 4) is 0 Å². The molecule has 2 saturated heterocycles. The third-order valence-corrected chi connectivity index (χ3v) is 6.18. The van der Waals surface area contributed by atoms with Crippen molar-refractivity contribution in [3.63, 3.8) is 0 Å². The van der Waals surface area contributed by atoms with Crippen molar-refractivity contribution in [2.24, 2.45) is 0 Å². The minimum atomic E-state index is -0.298. The van der Waals surface area contributed by atoms with Crippen LogP contribution in [0.4, 0.5) is 4.39 Å². The van der Waals surface area contributed by atoms with Crippen LogP contribution >= 0.6 is 0 Å². The number of hydrogen-bond acceptors (Lipinski definition) is 3. The van der Waals surface area contributed by atoms with E-state index in [4.69, 9.17) is 4.74 Å². The van der Waals surface area contributed by atoms with E-state index >= 15 is 4.39 Å². The predicted molar refractivity (Wildman–Crippen MR) is 109 cm³/mol. The number of halogens is 1. The fraction of sp³-hybridized carbons (Fsp3) is 0.545. The number of morpholine rings is 1. The number of hydrogen-bond donors (Lipinski definition) is 1. The Morgan fingerprint density at radius 1 is 1.21 bits per heavy atom. The summed E-state index contributed by atoms with van der Waals surface area (Å²) in [7, 11) is 0. The standard InChI is InChI=1S/C22H28FN3O3/c1-3-15-11-17(16-5-4-6-26(13-16)14(2)27)20(23)21-18(15)12-19(24-21)22(28)25-7-9-29-10-8-25/h11-12,16,24H,3-10,13H2,1-2H3/t16-/m1/s1. The molecule has 0 radical (unpaired) electrons. The van der Waals surface area contributed by atoms with Crippen LogP contribution in [-0.2, 0) is 16.0 Å². The van der Waals surface area contributed by atoms with Crippen LogP contribution in [0.1, 0.15) is 54.2 Å². The number of ether oxygens (including phenoxy) is 1. The number of fused-ring (bicyclic) bond motifs is 1. The zero-order chi connectivity index (χ0) is 20.5. The van der Waals surface area contributed by atoms with E-state index in [1.54, 1.807) is 22.8 Å². The molecule has 156 valence electrons. The van der Waals surface area contributed by atoms with Crippen molar-refractivity contribution in [2.75, 3.05) is 39.4 Å². The minimum absolute atomic E-state index is 0.0240. The van der Waals surface area contributed by atoms with Gasteiger partial charge in [-0.15, -0.1) is 0 Å². The molecular weight excluding hydrogens is 373 g/mol. The molecule has 0 unspecified atom stereocenters. The molecule has 29 heavy (non-hydrogen) atoms. The topological polar surface area (TPSA) is 65.6 Å². The Hall–Kier alpha value is -2.41. The summed E-state index contributed by atoms with van der Waals surface area (Å²) in [5.74, 6) is -0.407. The summed E-state index contributed by atoms with van der Waals surface area (Å²) in [4.78, 5) is 31.3. The number of H-pyrrole nitrogens is 1. The number of piperidine rings is 1. The van der Waals surface area contributed by atoms with Crippen molar-refractivity contribution in [1.29, 1.82) is 0 Å². The van der Waals surface area contributed by atoms with Crippen LogP contribution < -0.4 is 0 Å². The quantitative estimate of drug-likeness (QED) is 0.860. The largest absolute Gasteiger partial charge is 0.378 e. The molecule has 4 rings (SSSR count). The van der Waals surface area contributed by atoms with Gasteiger partial charge in [-0.25, -0.2) is 4.39 Å². The molecule has 2 aliphatic rings. The maximum absolute atomic E-state index is 15.5. The molecule has 1 aromatic heterocycles. The normalized spacial score (nSPS) is 20.3. The smallest absolute Gasteiger partial charge is 0.270 e. The lowest BCUT2D eigenvalue weighted by atomic mass is 9.88. The summed E-state index contributed by atoms with van der Waals surface area (Å²) in [5, 5.41) is 0.768. The first-order chi connectivity index (χ1) is 14.0. The summed E-state index contributed by atoms with van der Waals surface area (Å²) in [6.07, 6.45) is 2.47. The number of amides is 2. The Labute approximate surface area is 170 Å². The van der Waals surface area contributed by atoms with E-state index in [-0.39, 0.29) is 23.5 Å². The second kappa shape index (κ2) is 8.14. The van der Waals surface area contributed by atoms with Crippen LogP contribution in [0.2, 0.25) is 0 Å². The van der Waals surface area contributed by atoms with Crippen LogP contribution in [0.15, 0.2) is 12.1 Å². The highest BCUT2D eigenvalue weighted by atomic mass is 19.1. The first-order valence-electron chi connectivity index (χ1n) is 10.5. The number of aromatic amines is 1. The number of nitrogens with zero attached hydrogens (tertiary/aromatic N) is 2. The van der Waals surface area contributed by atoms with E-state index in [1.807, 2.05) is 13.0 Å². The summed E-state index contributed by atoms with van der Waals surface area (Å²) in [6.45, 7) is 7.02. The zero-order valence-corrected chi connectivity index (χ0v) is 17.1. The zero-order valence-electron chi connectivity index (χ0n) is 17.1. The lowest BCUT2D eigenvalue weighted by molar-refractivity contribution is -0.130. The molecule has 2 fully saturated rings. The highest BCUT2D eigenvalue weighted by Gasteiger charge is 2.28. The van der Waals surface area contributed by atoms with Gasteiger partial charge in [0.05, 0.1) is 18.7 Å². The summed E-state index contributed by atoms with van der Waals surface area (Å²) >= 11 is 0. The second-order valence-electron chi connectivity index (χ2n) is 7.97. The van der Waals surface area contributed by atoms with Crippen molar-refractivity contribution < 1.29 is 18.7 Å². The molecule has 3 heterocycles. The number of likely N-dealkylation sites (tertiary alicyclic amines) is 1. The van der Waals surface area contributed by atoms with Gasteiger partial charge < -0.3 is 19.5 Å². The lowest BCUT2D eigenvalue weighted by Crippen LogP contribution is -2.40. The lowest BCUT2D eigenvalue weighted by Gasteiger charge is -2.32. The number of nitrogens with one attached hydrogen (secondary N) is 1. The van der Waals surface area contributed by atoms with Gasteiger partial charge in [0.15, 0.2) is 5.82 Å². The van der Waals surface area contributed by atoms with Crippen LogP contribution in [0.3, 0.4) is 0 Å². The molecule has 7 heteroatoms. The number of benzene rings is 1. The Bertz CT molecular complexity index is 933. The van der Waals surface area contributed by atoms with Crippen molar-refractivity contribution in [3.05, 3.63) is 34.8 Å². The molecule has 0 aliphatic carbocycles. The highest BCUT2D eigenvalue weighted by Crippen LogP contribution is 2.35. The summed E-state index contributed by atoms with van der Waals surface area (Å²) < 4.78 is 20.9. The second-order valence-corrected chi connectivity index (χ2v) is 7.97. The number of aromatic nitrogens is 1. The van der Waals surface area contributed by atoms with Gasteiger partial charge in [0.25, 0.3) is 5.91 Å². The molecular formula is C22H28FN3O3. The minimum Gasteiger partial charge on any atom is -0.378 e. The molecule has 6 nitrogen and oxygen atoms in total. The molecule has 0 spiro atoms. The average Bonchev–Trinajstić information content (AvgIpc) is 3.20. The van der Waals surface area contributed by atoms with Gasteiger partial charge in [0.2, 0.25) is 5.91 Å². The van der Waals surface area contributed by atoms with Gasteiger partial charge in [0, 0.05) is 44.4 Å². The fourth-order valence-corrected chi connectivity index (χ4v) is 4.51. The molecule has 0 bridgehead atoms. The Morgan fingerprint density at radius 3 is 2.66 bits per heavy atom. The number of aryl methyl sites for hydroxylation is 1. The van der Waals surface area contributed by atoms with Gasteiger partial charge in [-0.1, -0.05) is 13.0 Å². The van der Waals surface area contributed by atoms with Crippen molar-refractivity contribution in [1.82, 2.24) is 14.8 Å². The molecule has 1 aromatic carbocycles. The van der Waals surface area contributed by atoms with Crippen molar-refractivity contribution >= 4 is 22.7 Å². The fourth-order valence-electron chi connectivity index (χ4n) is 4.51. The van der Waals surface area contributed by atoms with Crippen LogP contribution in [0.25, 0.3) is 10.9 Å². The highest BCUT2D eigenvalue weighted by molar-refractivity contribution is 5.99. The van der Waals surface area contributed by atoms with Crippen LogP contribution in [0, 0.1) is 5.82 Å². The average molecular weight is 401 g/mol. The maximum Gasteiger partial charge on any atom is 0.270 e. The molecule has 1 atom stereocenters. The summed E-state index contributed by atoms with van der Waals surface area (Å²) in [5.41, 5.74) is 2.48. The first kappa shape index (κ1) is 19.9. The van der Waals surface area contributed by atoms with E-state index < -0.39 is 0 Å². The Balaban J connectivity index is 1.71. The monoisotopic (exact) mass is 401 g/mol. The molecule has 0 saturated carbocycles. The van der Waals surface area contributed by atoms with Gasteiger partial charge in [-0.2, -0.15) is 0 Å². The van der Waals surface area contributed by atoms with Crippen LogP contribution in [0.5, 0.6) is 0 Å². The Kier molecular flexibility index (Phi) is 5.58. The SMILES string of the molecule is CCc1cc([C@@H]2CCCN(C(C)=O)C2)c(F)c2[nH]c(C(=O)N3CCOCC3)cc12. The number of carbonyl (C=O) groups is 2. The third-order valence-electron chi connectivity index (χ3n) is 6.18. The Morgan fingerprint density at radius 2 is 1.97 bits per heavy atom. The van der Waals surface area contributed by atoms with Gasteiger partial charge in [0.1, 0.15) is 5.69 Å².